The predicted molar refractivity (Wildman–Crippen MR) is 89.2 cm³/mol. The number of allylic oxidation sites excluding steroid dienone is 1. The van der Waals surface area contributed by atoms with E-state index >= 15 is 0 Å². The predicted octanol–water partition coefficient (Wildman–Crippen LogP) is 3.15. The Hall–Kier alpha value is -2.30. The second-order valence-electron chi connectivity index (χ2n) is 5.77. The molecule has 1 amide bonds. The maximum Gasteiger partial charge on any atom is 0.303 e. The molecule has 1 atom stereocenters. The van der Waals surface area contributed by atoms with E-state index in [4.69, 9.17) is 9.84 Å². The third kappa shape index (κ3) is 8.04. The van der Waals surface area contributed by atoms with E-state index in [0.717, 1.165) is 11.1 Å². The second kappa shape index (κ2) is 9.66. The van der Waals surface area contributed by atoms with Crippen LogP contribution in [0.2, 0.25) is 0 Å². The minimum Gasteiger partial charge on any atom is -0.494 e. The molecule has 0 aliphatic carbocycles. The number of benzene rings is 1. The van der Waals surface area contributed by atoms with E-state index in [2.05, 4.69) is 11.9 Å². The Morgan fingerprint density at radius 1 is 1.30 bits per heavy atom. The Kier molecular flexibility index (Phi) is 7.88. The molecular formula is C18H25NO4. The van der Waals surface area contributed by atoms with Crippen LogP contribution in [-0.4, -0.2) is 23.6 Å². The van der Waals surface area contributed by atoms with Gasteiger partial charge in [0.05, 0.1) is 6.61 Å². The molecule has 0 radical (unpaired) electrons. The molecule has 5 heteroatoms. The van der Waals surface area contributed by atoms with Gasteiger partial charge in [0.15, 0.2) is 0 Å². The highest BCUT2D eigenvalue weighted by atomic mass is 16.5. The van der Waals surface area contributed by atoms with E-state index < -0.39 is 5.97 Å². The molecule has 1 rings (SSSR count). The lowest BCUT2D eigenvalue weighted by Crippen LogP contribution is -2.28. The van der Waals surface area contributed by atoms with Crippen LogP contribution in [0.3, 0.4) is 0 Å². The molecule has 0 saturated heterocycles. The van der Waals surface area contributed by atoms with Crippen molar-refractivity contribution in [2.24, 2.45) is 5.92 Å². The lowest BCUT2D eigenvalue weighted by Gasteiger charge is -2.12. The molecular weight excluding hydrogens is 294 g/mol. The van der Waals surface area contributed by atoms with Gasteiger partial charge in [-0.15, -0.1) is 6.58 Å². The van der Waals surface area contributed by atoms with E-state index in [1.165, 1.54) is 0 Å². The quantitative estimate of drug-likeness (QED) is 0.513. The summed E-state index contributed by atoms with van der Waals surface area (Å²) >= 11 is 0. The number of ether oxygens (including phenoxy) is 1. The Morgan fingerprint density at radius 2 is 1.96 bits per heavy atom. The zero-order valence-corrected chi connectivity index (χ0v) is 13.8. The first-order chi connectivity index (χ1) is 10.9. The van der Waals surface area contributed by atoms with E-state index in [1.54, 1.807) is 0 Å². The smallest absolute Gasteiger partial charge is 0.303 e. The Bertz CT molecular complexity index is 536. The van der Waals surface area contributed by atoms with Crippen LogP contribution < -0.4 is 10.1 Å². The minimum absolute atomic E-state index is 0.0157. The number of aliphatic carboxylic acids is 1. The fourth-order valence-electron chi connectivity index (χ4n) is 2.10. The van der Waals surface area contributed by atoms with Crippen LogP contribution in [0.4, 0.5) is 0 Å². The number of nitrogens with one attached hydrogen (secondary N) is 1. The summed E-state index contributed by atoms with van der Waals surface area (Å²) in [5, 5.41) is 11.4. The SMILES string of the molecule is C=C(C)CC(C)C(=O)NCc1ccc(OCCCC(=O)O)cc1. The number of carbonyl (C=O) groups is 2. The summed E-state index contributed by atoms with van der Waals surface area (Å²) in [5.41, 5.74) is 1.98. The maximum absolute atomic E-state index is 11.9. The summed E-state index contributed by atoms with van der Waals surface area (Å²) in [4.78, 5) is 22.3. The van der Waals surface area contributed by atoms with E-state index in [9.17, 15) is 9.59 Å². The molecule has 0 aliphatic heterocycles. The fraction of sp³-hybridized carbons (Fsp3) is 0.444. The van der Waals surface area contributed by atoms with E-state index in [1.807, 2.05) is 38.1 Å². The number of hydrogen-bond acceptors (Lipinski definition) is 3. The van der Waals surface area contributed by atoms with Crippen LogP contribution in [0.15, 0.2) is 36.4 Å². The van der Waals surface area contributed by atoms with Gasteiger partial charge in [0, 0.05) is 18.9 Å². The summed E-state index contributed by atoms with van der Waals surface area (Å²) in [6, 6.07) is 7.41. The third-order valence-corrected chi connectivity index (χ3v) is 3.30. The molecule has 0 aromatic heterocycles. The molecule has 1 aromatic rings. The molecule has 0 heterocycles. The van der Waals surface area contributed by atoms with Crippen LogP contribution in [0.5, 0.6) is 5.75 Å². The highest BCUT2D eigenvalue weighted by Gasteiger charge is 2.12. The van der Waals surface area contributed by atoms with Crippen molar-refractivity contribution in [2.75, 3.05) is 6.61 Å². The van der Waals surface area contributed by atoms with Crippen LogP contribution in [0, 0.1) is 5.92 Å². The van der Waals surface area contributed by atoms with Crippen LogP contribution in [0.1, 0.15) is 38.7 Å². The van der Waals surface area contributed by atoms with Crippen molar-refractivity contribution in [1.29, 1.82) is 0 Å². The molecule has 23 heavy (non-hydrogen) atoms. The second-order valence-corrected chi connectivity index (χ2v) is 5.77. The zero-order valence-electron chi connectivity index (χ0n) is 13.8. The standard InChI is InChI=1S/C18H25NO4/c1-13(2)11-14(3)18(22)19-12-15-6-8-16(9-7-15)23-10-4-5-17(20)21/h6-9,14H,1,4-5,10-12H2,2-3H3,(H,19,22)(H,20,21). The van der Waals surface area contributed by atoms with Gasteiger partial charge in [0.1, 0.15) is 5.75 Å². The molecule has 126 valence electrons. The van der Waals surface area contributed by atoms with Crippen molar-refractivity contribution in [2.45, 2.75) is 39.7 Å². The van der Waals surface area contributed by atoms with Crippen molar-refractivity contribution in [1.82, 2.24) is 5.32 Å². The van der Waals surface area contributed by atoms with Gasteiger partial charge in [0.2, 0.25) is 5.91 Å². The first-order valence-corrected chi connectivity index (χ1v) is 7.74. The third-order valence-electron chi connectivity index (χ3n) is 3.30. The minimum atomic E-state index is -0.819. The number of carboxylic acid groups (broad SMARTS) is 1. The summed E-state index contributed by atoms with van der Waals surface area (Å²) in [6.45, 7) is 8.47. The molecule has 0 aliphatic rings. The molecule has 5 nitrogen and oxygen atoms in total. The summed E-state index contributed by atoms with van der Waals surface area (Å²) in [6.07, 6.45) is 1.27. The molecule has 1 aromatic carbocycles. The molecule has 0 fully saturated rings. The van der Waals surface area contributed by atoms with Crippen molar-refractivity contribution in [3.63, 3.8) is 0 Å². The number of amides is 1. The first-order valence-electron chi connectivity index (χ1n) is 7.74. The Balaban J connectivity index is 2.35. The van der Waals surface area contributed by atoms with Crippen LogP contribution in [-0.2, 0) is 16.1 Å². The van der Waals surface area contributed by atoms with Gasteiger partial charge in [0.25, 0.3) is 0 Å². The van der Waals surface area contributed by atoms with Crippen molar-refractivity contribution >= 4 is 11.9 Å². The number of rotatable bonds is 10. The summed E-state index contributed by atoms with van der Waals surface area (Å²) < 4.78 is 5.46. The highest BCUT2D eigenvalue weighted by Crippen LogP contribution is 2.13. The lowest BCUT2D eigenvalue weighted by atomic mass is 10.0. The van der Waals surface area contributed by atoms with Crippen molar-refractivity contribution in [3.05, 3.63) is 42.0 Å². The van der Waals surface area contributed by atoms with Gasteiger partial charge >= 0.3 is 5.97 Å². The van der Waals surface area contributed by atoms with Gasteiger partial charge in [-0.25, -0.2) is 0 Å². The Morgan fingerprint density at radius 3 is 2.52 bits per heavy atom. The number of carboxylic acids is 1. The average Bonchev–Trinajstić information content (AvgIpc) is 2.49. The van der Waals surface area contributed by atoms with Gasteiger partial charge < -0.3 is 15.2 Å². The highest BCUT2D eigenvalue weighted by molar-refractivity contribution is 5.78. The number of hydrogen-bond donors (Lipinski definition) is 2. The van der Waals surface area contributed by atoms with Gasteiger partial charge in [-0.2, -0.15) is 0 Å². The molecule has 0 saturated carbocycles. The largest absolute Gasteiger partial charge is 0.494 e. The topological polar surface area (TPSA) is 75.6 Å². The van der Waals surface area contributed by atoms with Crippen molar-refractivity contribution in [3.8, 4) is 5.75 Å². The van der Waals surface area contributed by atoms with E-state index in [0.29, 0.717) is 31.7 Å². The molecule has 1 unspecified atom stereocenters. The Labute approximate surface area is 137 Å². The summed E-state index contributed by atoms with van der Waals surface area (Å²) in [7, 11) is 0. The maximum atomic E-state index is 11.9. The van der Waals surface area contributed by atoms with Gasteiger partial charge in [-0.1, -0.05) is 24.6 Å². The summed E-state index contributed by atoms with van der Waals surface area (Å²) in [5.74, 6) is -0.187. The zero-order chi connectivity index (χ0) is 17.2. The van der Waals surface area contributed by atoms with Gasteiger partial charge in [-0.3, -0.25) is 9.59 Å². The van der Waals surface area contributed by atoms with Crippen molar-refractivity contribution < 1.29 is 19.4 Å². The van der Waals surface area contributed by atoms with Crippen LogP contribution >= 0.6 is 0 Å². The lowest BCUT2D eigenvalue weighted by molar-refractivity contribution is -0.137. The van der Waals surface area contributed by atoms with E-state index in [-0.39, 0.29) is 18.2 Å². The monoisotopic (exact) mass is 319 g/mol. The van der Waals surface area contributed by atoms with Crippen LogP contribution in [0.25, 0.3) is 0 Å². The molecule has 0 spiro atoms. The number of carbonyl (C=O) groups excluding carboxylic acids is 1. The normalized spacial score (nSPS) is 11.6. The molecule has 2 N–H and O–H groups in total. The van der Waals surface area contributed by atoms with Gasteiger partial charge in [-0.05, 0) is 37.5 Å². The first kappa shape index (κ1) is 18.7. The molecule has 0 bridgehead atoms. The fourth-order valence-corrected chi connectivity index (χ4v) is 2.10. The average molecular weight is 319 g/mol.